The molecule has 4 heterocycles. The van der Waals surface area contributed by atoms with Crippen molar-refractivity contribution < 1.29 is 70.8 Å². The van der Waals surface area contributed by atoms with Crippen LogP contribution in [-0.2, 0) is 40.8 Å². The zero-order valence-corrected chi connectivity index (χ0v) is 24.4. The summed E-state index contributed by atoms with van der Waals surface area (Å²) in [6.45, 7) is -2.07. The van der Waals surface area contributed by atoms with Crippen molar-refractivity contribution in [2.24, 2.45) is 0 Å². The van der Waals surface area contributed by atoms with E-state index in [9.17, 15) is 62.9 Å². The quantitative estimate of drug-likeness (QED) is 0.101. The molecule has 0 amide bonds. The Balaban J connectivity index is 1.30. The van der Waals surface area contributed by atoms with E-state index in [1.165, 1.54) is 0 Å². The van der Waals surface area contributed by atoms with E-state index in [0.29, 0.717) is 4.57 Å². The highest BCUT2D eigenvalue weighted by Crippen LogP contribution is 2.67. The molecule has 2 aromatic rings. The number of ether oxygens (including phenoxy) is 2. The average Bonchev–Trinajstić information content (AvgIpc) is 3.39. The van der Waals surface area contributed by atoms with Crippen LogP contribution in [0.4, 0.5) is 0 Å². The zero-order chi connectivity index (χ0) is 32.6. The van der Waals surface area contributed by atoms with Crippen LogP contribution in [0.25, 0.3) is 0 Å². The van der Waals surface area contributed by atoms with Crippen LogP contribution in [0.5, 0.6) is 0 Å². The van der Waals surface area contributed by atoms with Gasteiger partial charge in [0.05, 0.1) is 19.3 Å². The molecule has 3 unspecified atom stereocenters. The topological polar surface area (TPSA) is 338 Å². The highest BCUT2D eigenvalue weighted by Gasteiger charge is 2.47. The molecule has 2 aromatic heterocycles. The van der Waals surface area contributed by atoms with Gasteiger partial charge >= 0.3 is 34.8 Å². The molecule has 2 aliphatic heterocycles. The predicted molar refractivity (Wildman–Crippen MR) is 137 cm³/mol. The Morgan fingerprint density at radius 1 is 0.750 bits per heavy atom. The number of rotatable bonds is 12. The highest BCUT2D eigenvalue weighted by atomic mass is 31.3. The number of hydrogen-bond donors (Lipinski definition) is 8. The number of phosphoric ester groups is 2. The molecule has 0 saturated carbocycles. The summed E-state index contributed by atoms with van der Waals surface area (Å²) in [7, 11) is -17.2. The summed E-state index contributed by atoms with van der Waals surface area (Å²) in [5, 5.41) is 30.5. The van der Waals surface area contributed by atoms with Crippen molar-refractivity contribution in [2.45, 2.75) is 49.4 Å². The molecule has 23 nitrogen and oxygen atoms in total. The molecule has 2 aliphatic rings. The van der Waals surface area contributed by atoms with Crippen LogP contribution in [0.1, 0.15) is 18.9 Å². The molecule has 0 spiro atoms. The van der Waals surface area contributed by atoms with Crippen LogP contribution in [-0.4, -0.2) is 92.8 Å². The molecule has 4 rings (SSSR count). The first kappa shape index (κ1) is 34.4. The van der Waals surface area contributed by atoms with Crippen molar-refractivity contribution in [3.8, 4) is 0 Å². The minimum absolute atomic E-state index is 0.234. The van der Waals surface area contributed by atoms with Gasteiger partial charge in [-0.2, -0.15) is 8.62 Å². The van der Waals surface area contributed by atoms with Crippen molar-refractivity contribution >= 4 is 23.5 Å². The molecule has 10 atom stereocenters. The number of aromatic nitrogens is 4. The molecular formula is C18H25N4O19P3. The number of aliphatic hydroxyl groups excluding tert-OH is 3. The third-order valence-corrected chi connectivity index (χ3v) is 10.3. The molecule has 0 aromatic carbocycles. The lowest BCUT2D eigenvalue weighted by Gasteiger charge is -2.21. The third-order valence-electron chi connectivity index (χ3n) is 6.04. The van der Waals surface area contributed by atoms with Crippen LogP contribution < -0.4 is 22.5 Å². The van der Waals surface area contributed by atoms with Gasteiger partial charge in [0.1, 0.15) is 30.6 Å². The summed E-state index contributed by atoms with van der Waals surface area (Å²) < 4.78 is 65.7. The van der Waals surface area contributed by atoms with Gasteiger partial charge in [-0.05, 0) is 0 Å². The number of H-pyrrole nitrogens is 2. The third kappa shape index (κ3) is 8.43. The molecule has 8 N–H and O–H groups in total. The molecule has 26 heteroatoms. The van der Waals surface area contributed by atoms with E-state index in [1.54, 1.807) is 0 Å². The van der Waals surface area contributed by atoms with Crippen molar-refractivity contribution in [3.63, 3.8) is 0 Å². The van der Waals surface area contributed by atoms with Gasteiger partial charge in [0.15, 0.2) is 6.23 Å². The van der Waals surface area contributed by atoms with Gasteiger partial charge in [0, 0.05) is 30.9 Å². The summed E-state index contributed by atoms with van der Waals surface area (Å²) >= 11 is 0. The number of phosphoric acid groups is 3. The maximum atomic E-state index is 12.2. The fraction of sp³-hybridized carbons (Fsp3) is 0.556. The zero-order valence-electron chi connectivity index (χ0n) is 21.7. The smallest absolute Gasteiger partial charge is 0.390 e. The van der Waals surface area contributed by atoms with E-state index in [-0.39, 0.29) is 6.42 Å². The Hall–Kier alpha value is -2.43. The normalized spacial score (nSPS) is 31.3. The lowest BCUT2D eigenvalue weighted by atomic mass is 10.1. The first-order chi connectivity index (χ1) is 20.4. The average molecular weight is 694 g/mol. The first-order valence-electron chi connectivity index (χ1n) is 12.0. The lowest BCUT2D eigenvalue weighted by molar-refractivity contribution is -0.0543. The molecule has 0 bridgehead atoms. The number of nitrogens with zero attached hydrogens (tertiary/aromatic N) is 2. The van der Waals surface area contributed by atoms with Gasteiger partial charge in [-0.3, -0.25) is 37.7 Å². The van der Waals surface area contributed by atoms with E-state index < -0.39 is 102 Å². The van der Waals surface area contributed by atoms with Crippen LogP contribution in [0, 0.1) is 0 Å². The molecular weight excluding hydrogens is 669 g/mol. The van der Waals surface area contributed by atoms with E-state index in [1.807, 2.05) is 9.97 Å². The lowest BCUT2D eigenvalue weighted by Crippen LogP contribution is -2.37. The van der Waals surface area contributed by atoms with Crippen molar-refractivity contribution in [1.29, 1.82) is 0 Å². The van der Waals surface area contributed by atoms with E-state index in [2.05, 4.69) is 17.7 Å². The van der Waals surface area contributed by atoms with E-state index >= 15 is 0 Å². The van der Waals surface area contributed by atoms with Crippen molar-refractivity contribution in [3.05, 3.63) is 66.2 Å². The Kier molecular flexibility index (Phi) is 10.3. The van der Waals surface area contributed by atoms with Crippen LogP contribution >= 0.6 is 23.5 Å². The Bertz CT molecular complexity index is 1740. The van der Waals surface area contributed by atoms with E-state index in [0.717, 1.165) is 29.1 Å². The van der Waals surface area contributed by atoms with Gasteiger partial charge in [0.25, 0.3) is 11.1 Å². The molecule has 0 radical (unpaired) electrons. The molecule has 44 heavy (non-hydrogen) atoms. The number of hydrogen-bond acceptors (Lipinski definition) is 16. The maximum absolute atomic E-state index is 12.2. The minimum atomic E-state index is -5.93. The fourth-order valence-corrected chi connectivity index (χ4v) is 7.59. The van der Waals surface area contributed by atoms with Gasteiger partial charge in [-0.25, -0.2) is 23.3 Å². The Morgan fingerprint density at radius 3 is 1.77 bits per heavy atom. The minimum Gasteiger partial charge on any atom is -0.390 e. The second kappa shape index (κ2) is 13.1. The van der Waals surface area contributed by atoms with Crippen molar-refractivity contribution in [1.82, 2.24) is 19.1 Å². The first-order valence-corrected chi connectivity index (χ1v) is 16.5. The Labute approximate surface area is 242 Å². The van der Waals surface area contributed by atoms with Crippen LogP contribution in [0.2, 0.25) is 0 Å². The van der Waals surface area contributed by atoms with Gasteiger partial charge in [-0.15, -0.1) is 0 Å². The summed E-state index contributed by atoms with van der Waals surface area (Å²) in [6, 6.07) is 1.90. The van der Waals surface area contributed by atoms with Crippen LogP contribution in [0.15, 0.2) is 43.7 Å². The standard InChI is InChI=1S/C18H25N4O19P3/c23-8-5-13(21-3-1-11(24)19-17(21)28)38-9(8)6-36-42(30,31)40-44(34,35)41-43(32,33)37-7-10-14(26)15(27)16(39-10)22-4-2-12(25)20-18(22)29/h1-4,8-10,13-16,23,26-27H,5-7H2,(H,30,31)(H,32,33)(H,34,35)(H,19,24,28)(H,20,25,29)/t8-,9+,10+,13+,14+,15+,16+/m0/s1. The molecule has 2 fully saturated rings. The summed E-state index contributed by atoms with van der Waals surface area (Å²) in [6.07, 6.45) is -9.04. The number of nitrogens with one attached hydrogen (secondary N) is 2. The SMILES string of the molecule is O=c1ccn([C@@H]2O[C@H](COP(=O)(O)OP(=O)(O)OP(=O)(O)OC[C@H]3O[C@@H](n4ccc(=O)[nH]c4=O)C[C@@H]3O)[C@@H](O)[C@H]2O)c(=O)[nH]1. The largest absolute Gasteiger partial charge is 0.490 e. The molecule has 2 saturated heterocycles. The maximum Gasteiger partial charge on any atom is 0.490 e. The predicted octanol–water partition coefficient (Wildman–Crippen LogP) is -3.28. The van der Waals surface area contributed by atoms with Gasteiger partial charge in [0.2, 0.25) is 0 Å². The molecule has 246 valence electrons. The fourth-order valence-electron chi connectivity index (χ4n) is 4.07. The van der Waals surface area contributed by atoms with Gasteiger partial charge in [-0.1, -0.05) is 0 Å². The van der Waals surface area contributed by atoms with Gasteiger partial charge < -0.3 is 39.5 Å². The summed E-state index contributed by atoms with van der Waals surface area (Å²) in [5.41, 5.74) is -3.38. The number of aliphatic hydroxyl groups is 3. The second-order valence-electron chi connectivity index (χ2n) is 9.17. The highest BCUT2D eigenvalue weighted by molar-refractivity contribution is 7.66. The summed E-state index contributed by atoms with van der Waals surface area (Å²) in [5.74, 6) is 0. The Morgan fingerprint density at radius 2 is 1.25 bits per heavy atom. The van der Waals surface area contributed by atoms with E-state index in [4.69, 9.17) is 9.47 Å². The second-order valence-corrected chi connectivity index (χ2v) is 13.8. The van der Waals surface area contributed by atoms with Crippen molar-refractivity contribution in [2.75, 3.05) is 13.2 Å². The number of aromatic amines is 2. The van der Waals surface area contributed by atoms with Crippen LogP contribution in [0.3, 0.4) is 0 Å². The summed E-state index contributed by atoms with van der Waals surface area (Å²) in [4.78, 5) is 79.5. The monoisotopic (exact) mass is 694 g/mol. The molecule has 0 aliphatic carbocycles.